The van der Waals surface area contributed by atoms with Crippen molar-refractivity contribution >= 4 is 32.8 Å². The molecule has 0 bridgehead atoms. The number of para-hydroxylation sites is 1. The molecule has 0 saturated heterocycles. The van der Waals surface area contributed by atoms with E-state index >= 15 is 0 Å². The molecule has 2 heterocycles. The van der Waals surface area contributed by atoms with Crippen LogP contribution < -0.4 is 5.43 Å². The maximum atomic E-state index is 13.2. The number of fused-ring (bicyclic) bond motifs is 2. The highest BCUT2D eigenvalue weighted by atomic mass is 79.9. The maximum Gasteiger partial charge on any atom is 0.290 e. The molecule has 1 aliphatic heterocycles. The summed E-state index contributed by atoms with van der Waals surface area (Å²) in [4.78, 5) is 30.1. The number of carbonyl (C=O) groups is 1. The number of amides is 1. The Hall–Kier alpha value is -2.44. The van der Waals surface area contributed by atoms with Gasteiger partial charge in [-0.3, -0.25) is 9.59 Å². The Morgan fingerprint density at radius 1 is 1.07 bits per heavy atom. The lowest BCUT2D eigenvalue weighted by atomic mass is 9.98. The molecule has 1 aliphatic rings. The van der Waals surface area contributed by atoms with Gasteiger partial charge in [0.15, 0.2) is 5.43 Å². The van der Waals surface area contributed by atoms with Crippen LogP contribution in [0.25, 0.3) is 11.0 Å². The molecule has 27 heavy (non-hydrogen) atoms. The molecular weight excluding hydrogens is 408 g/mol. The Morgan fingerprint density at radius 3 is 2.48 bits per heavy atom. The molecule has 2 aromatic carbocycles. The first-order valence-electron chi connectivity index (χ1n) is 8.74. The van der Waals surface area contributed by atoms with Gasteiger partial charge in [0.2, 0.25) is 5.76 Å². The molecule has 1 atom stereocenters. The quantitative estimate of drug-likeness (QED) is 0.638. The fourth-order valence-electron chi connectivity index (χ4n) is 3.50. The van der Waals surface area contributed by atoms with Crippen LogP contribution in [-0.4, -0.2) is 42.9 Å². The van der Waals surface area contributed by atoms with Gasteiger partial charge in [0, 0.05) is 17.6 Å². The van der Waals surface area contributed by atoms with Crippen molar-refractivity contribution < 1.29 is 9.21 Å². The van der Waals surface area contributed by atoms with E-state index in [2.05, 4.69) is 15.9 Å². The summed E-state index contributed by atoms with van der Waals surface area (Å²) < 4.78 is 6.84. The van der Waals surface area contributed by atoms with Crippen LogP contribution >= 0.6 is 15.9 Å². The fraction of sp³-hybridized carbons (Fsp3) is 0.238. The summed E-state index contributed by atoms with van der Waals surface area (Å²) in [6, 6.07) is 14.3. The van der Waals surface area contributed by atoms with Gasteiger partial charge in [-0.15, -0.1) is 0 Å². The second kappa shape index (κ2) is 6.94. The number of rotatable bonds is 4. The molecule has 3 aromatic rings. The highest BCUT2D eigenvalue weighted by Crippen LogP contribution is 2.38. The smallest absolute Gasteiger partial charge is 0.290 e. The van der Waals surface area contributed by atoms with Crippen molar-refractivity contribution in [2.24, 2.45) is 0 Å². The molecule has 0 aliphatic carbocycles. The lowest BCUT2D eigenvalue weighted by Crippen LogP contribution is -2.35. The average Bonchev–Trinajstić information content (AvgIpc) is 2.93. The average molecular weight is 427 g/mol. The lowest BCUT2D eigenvalue weighted by molar-refractivity contribution is 0.0716. The van der Waals surface area contributed by atoms with E-state index in [1.165, 1.54) is 0 Å². The number of hydrogen-bond acceptors (Lipinski definition) is 4. The van der Waals surface area contributed by atoms with Gasteiger partial charge in [0.1, 0.15) is 5.58 Å². The van der Waals surface area contributed by atoms with Crippen LogP contribution in [0.5, 0.6) is 0 Å². The van der Waals surface area contributed by atoms with E-state index in [0.29, 0.717) is 29.6 Å². The van der Waals surface area contributed by atoms with E-state index in [0.717, 1.165) is 10.0 Å². The van der Waals surface area contributed by atoms with E-state index in [-0.39, 0.29) is 17.1 Å². The Bertz CT molecular complexity index is 1070. The van der Waals surface area contributed by atoms with Gasteiger partial charge in [-0.2, -0.15) is 0 Å². The Kier molecular flexibility index (Phi) is 4.61. The van der Waals surface area contributed by atoms with Crippen molar-refractivity contribution in [3.05, 3.63) is 80.1 Å². The van der Waals surface area contributed by atoms with Gasteiger partial charge < -0.3 is 14.2 Å². The summed E-state index contributed by atoms with van der Waals surface area (Å²) >= 11 is 3.44. The van der Waals surface area contributed by atoms with Gasteiger partial charge in [-0.05, 0) is 43.9 Å². The van der Waals surface area contributed by atoms with Gasteiger partial charge in [0.25, 0.3) is 5.91 Å². The lowest BCUT2D eigenvalue weighted by Gasteiger charge is -2.26. The van der Waals surface area contributed by atoms with Crippen molar-refractivity contribution in [2.75, 3.05) is 27.2 Å². The van der Waals surface area contributed by atoms with E-state index in [1.807, 2.05) is 43.3 Å². The summed E-state index contributed by atoms with van der Waals surface area (Å²) in [7, 11) is 3.92. The summed E-state index contributed by atoms with van der Waals surface area (Å²) in [6.45, 7) is 1.20. The standard InChI is InChI=1S/C21H19BrN2O3/c1-23(2)11-12-24-18(13-7-9-14(22)10-8-13)17-19(25)15-5-3-4-6-16(15)27-20(17)21(24)26/h3-10,18H,11-12H2,1-2H3/t18-/m1/s1. The van der Waals surface area contributed by atoms with Crippen LogP contribution in [0.15, 0.2) is 62.2 Å². The van der Waals surface area contributed by atoms with Gasteiger partial charge in [0.05, 0.1) is 17.0 Å². The highest BCUT2D eigenvalue weighted by Gasteiger charge is 2.42. The first kappa shape index (κ1) is 17.9. The zero-order chi connectivity index (χ0) is 19.1. The molecule has 1 amide bonds. The minimum absolute atomic E-state index is 0.138. The monoisotopic (exact) mass is 426 g/mol. The van der Waals surface area contributed by atoms with E-state index < -0.39 is 6.04 Å². The van der Waals surface area contributed by atoms with Crippen LogP contribution in [0.1, 0.15) is 27.7 Å². The number of hydrogen-bond donors (Lipinski definition) is 0. The normalized spacial score (nSPS) is 16.4. The van der Waals surface area contributed by atoms with E-state index in [4.69, 9.17) is 4.42 Å². The predicted molar refractivity (Wildman–Crippen MR) is 108 cm³/mol. The molecule has 138 valence electrons. The van der Waals surface area contributed by atoms with Crippen molar-refractivity contribution in [1.82, 2.24) is 9.80 Å². The zero-order valence-electron chi connectivity index (χ0n) is 15.1. The van der Waals surface area contributed by atoms with E-state index in [9.17, 15) is 9.59 Å². The van der Waals surface area contributed by atoms with Crippen molar-refractivity contribution in [2.45, 2.75) is 6.04 Å². The van der Waals surface area contributed by atoms with Crippen molar-refractivity contribution in [1.29, 1.82) is 0 Å². The molecule has 0 N–H and O–H groups in total. The third-order valence-electron chi connectivity index (χ3n) is 4.85. The predicted octanol–water partition coefficient (Wildman–Crippen LogP) is 3.66. The molecule has 0 saturated carbocycles. The van der Waals surface area contributed by atoms with Crippen LogP contribution in [-0.2, 0) is 0 Å². The molecule has 6 heteroatoms. The zero-order valence-corrected chi connectivity index (χ0v) is 16.7. The SMILES string of the molecule is CN(C)CCN1C(=O)c2oc3ccccc3c(=O)c2[C@H]1c1ccc(Br)cc1. The van der Waals surface area contributed by atoms with Gasteiger partial charge >= 0.3 is 0 Å². The summed E-state index contributed by atoms with van der Waals surface area (Å²) in [5.74, 6) is -0.0759. The van der Waals surface area contributed by atoms with Crippen LogP contribution in [0, 0.1) is 0 Å². The van der Waals surface area contributed by atoms with Crippen LogP contribution in [0.3, 0.4) is 0 Å². The molecule has 0 radical (unpaired) electrons. The number of carbonyl (C=O) groups excluding carboxylic acids is 1. The Morgan fingerprint density at radius 2 is 1.78 bits per heavy atom. The maximum absolute atomic E-state index is 13.2. The number of halogens is 1. The second-order valence-corrected chi connectivity index (χ2v) is 7.84. The first-order valence-corrected chi connectivity index (χ1v) is 9.53. The third-order valence-corrected chi connectivity index (χ3v) is 5.38. The molecular formula is C21H19BrN2O3. The third kappa shape index (κ3) is 3.09. The number of benzene rings is 2. The summed E-state index contributed by atoms with van der Waals surface area (Å²) in [5, 5.41) is 0.501. The first-order chi connectivity index (χ1) is 13.0. The number of nitrogens with zero attached hydrogens (tertiary/aromatic N) is 2. The molecule has 1 aromatic heterocycles. The summed E-state index contributed by atoms with van der Waals surface area (Å²) in [6.07, 6.45) is 0. The topological polar surface area (TPSA) is 53.8 Å². The van der Waals surface area contributed by atoms with Crippen molar-refractivity contribution in [3.63, 3.8) is 0 Å². The molecule has 4 rings (SSSR count). The minimum atomic E-state index is -0.443. The summed E-state index contributed by atoms with van der Waals surface area (Å²) in [5.41, 5.74) is 1.63. The number of likely N-dealkylation sites (N-methyl/N-ethyl adjacent to an activating group) is 1. The highest BCUT2D eigenvalue weighted by molar-refractivity contribution is 9.10. The van der Waals surface area contributed by atoms with E-state index in [1.54, 1.807) is 29.2 Å². The van der Waals surface area contributed by atoms with Gasteiger partial charge in [-0.25, -0.2) is 0 Å². The fourth-order valence-corrected chi connectivity index (χ4v) is 3.76. The largest absolute Gasteiger partial charge is 0.450 e. The second-order valence-electron chi connectivity index (χ2n) is 6.93. The molecule has 0 fully saturated rings. The Labute approximate surface area is 165 Å². The van der Waals surface area contributed by atoms with Gasteiger partial charge in [-0.1, -0.05) is 40.2 Å². The van der Waals surface area contributed by atoms with Crippen molar-refractivity contribution in [3.8, 4) is 0 Å². The van der Waals surface area contributed by atoms with Crippen LogP contribution in [0.2, 0.25) is 0 Å². The van der Waals surface area contributed by atoms with Crippen LogP contribution in [0.4, 0.5) is 0 Å². The molecule has 0 spiro atoms. The minimum Gasteiger partial charge on any atom is -0.450 e. The Balaban J connectivity index is 1.93. The molecule has 5 nitrogen and oxygen atoms in total. The molecule has 0 unspecified atom stereocenters.